The van der Waals surface area contributed by atoms with Crippen molar-refractivity contribution in [3.63, 3.8) is 0 Å². The number of imidazole rings is 1. The van der Waals surface area contributed by atoms with Crippen molar-refractivity contribution in [3.8, 4) is 5.82 Å². The van der Waals surface area contributed by atoms with Crippen LogP contribution < -0.4 is 4.90 Å². The molecule has 0 atom stereocenters. The van der Waals surface area contributed by atoms with Crippen molar-refractivity contribution in [2.45, 2.75) is 0 Å². The summed E-state index contributed by atoms with van der Waals surface area (Å²) in [6, 6.07) is 13.2. The van der Waals surface area contributed by atoms with E-state index in [4.69, 9.17) is 0 Å². The quantitative estimate of drug-likeness (QED) is 0.654. The first-order chi connectivity index (χ1) is 13.6. The molecule has 0 amide bonds. The van der Waals surface area contributed by atoms with E-state index < -0.39 is 10.0 Å². The second kappa shape index (κ2) is 7.91. The lowest BCUT2D eigenvalue weighted by Gasteiger charge is -2.33. The fourth-order valence-electron chi connectivity index (χ4n) is 3.01. The number of hydrogen-bond acceptors (Lipinski definition) is 6. The van der Waals surface area contributed by atoms with Crippen LogP contribution in [-0.2, 0) is 10.0 Å². The van der Waals surface area contributed by atoms with Gasteiger partial charge >= 0.3 is 0 Å². The van der Waals surface area contributed by atoms with Crippen LogP contribution in [0.15, 0.2) is 66.6 Å². The van der Waals surface area contributed by atoms with Gasteiger partial charge in [-0.3, -0.25) is 4.57 Å². The second-order valence-corrected chi connectivity index (χ2v) is 8.18. The molecular formula is C19H20N6O2S. The van der Waals surface area contributed by atoms with Gasteiger partial charge in [-0.15, -0.1) is 10.2 Å². The maximum Gasteiger partial charge on any atom is 0.236 e. The minimum absolute atomic E-state index is 0.409. The van der Waals surface area contributed by atoms with Crippen LogP contribution in [0, 0.1) is 0 Å². The zero-order chi connectivity index (χ0) is 19.4. The molecule has 1 aromatic carbocycles. The van der Waals surface area contributed by atoms with Crippen LogP contribution in [0.25, 0.3) is 11.9 Å². The maximum atomic E-state index is 12.6. The Morgan fingerprint density at radius 1 is 0.893 bits per heavy atom. The third kappa shape index (κ3) is 4.10. The molecular weight excluding hydrogens is 376 g/mol. The van der Waals surface area contributed by atoms with Gasteiger partial charge in [0.1, 0.15) is 6.33 Å². The highest BCUT2D eigenvalue weighted by atomic mass is 32.2. The number of sulfonamides is 1. The highest BCUT2D eigenvalue weighted by molar-refractivity contribution is 7.92. The predicted octanol–water partition coefficient (Wildman–Crippen LogP) is 1.78. The molecule has 1 aliphatic rings. The molecule has 0 spiro atoms. The first kappa shape index (κ1) is 18.3. The topological polar surface area (TPSA) is 84.2 Å². The van der Waals surface area contributed by atoms with E-state index >= 15 is 0 Å². The van der Waals surface area contributed by atoms with E-state index in [9.17, 15) is 8.42 Å². The summed E-state index contributed by atoms with van der Waals surface area (Å²) in [7, 11) is -3.44. The maximum absolute atomic E-state index is 12.6. The number of anilines is 1. The second-order valence-electron chi connectivity index (χ2n) is 6.36. The lowest BCUT2D eigenvalue weighted by atomic mass is 10.2. The molecule has 144 valence electrons. The van der Waals surface area contributed by atoms with Crippen molar-refractivity contribution in [2.24, 2.45) is 0 Å². The van der Waals surface area contributed by atoms with Crippen molar-refractivity contribution in [1.29, 1.82) is 0 Å². The smallest absolute Gasteiger partial charge is 0.236 e. The molecule has 0 radical (unpaired) electrons. The van der Waals surface area contributed by atoms with Gasteiger partial charge in [-0.05, 0) is 23.8 Å². The van der Waals surface area contributed by atoms with Crippen molar-refractivity contribution >= 4 is 21.9 Å². The SMILES string of the molecule is O=S(=O)(/C=C/c1ccccc1)N1CCN(c2ccc(-n3ccnc3)nn2)CC1. The molecule has 9 heteroatoms. The Labute approximate surface area is 163 Å². The van der Waals surface area contributed by atoms with E-state index in [2.05, 4.69) is 15.2 Å². The monoisotopic (exact) mass is 396 g/mol. The van der Waals surface area contributed by atoms with Gasteiger partial charge in [-0.25, -0.2) is 13.4 Å². The highest BCUT2D eigenvalue weighted by Crippen LogP contribution is 2.17. The lowest BCUT2D eigenvalue weighted by Crippen LogP contribution is -2.48. The van der Waals surface area contributed by atoms with Gasteiger partial charge in [0.25, 0.3) is 0 Å². The number of rotatable bonds is 5. The predicted molar refractivity (Wildman–Crippen MR) is 107 cm³/mol. The van der Waals surface area contributed by atoms with Gasteiger partial charge in [-0.1, -0.05) is 30.3 Å². The summed E-state index contributed by atoms with van der Waals surface area (Å²) in [6.45, 7) is 1.95. The molecule has 0 saturated carbocycles. The Morgan fingerprint density at radius 2 is 1.61 bits per heavy atom. The fraction of sp³-hybridized carbons (Fsp3) is 0.211. The van der Waals surface area contributed by atoms with E-state index in [1.54, 1.807) is 29.4 Å². The zero-order valence-corrected chi connectivity index (χ0v) is 16.0. The van der Waals surface area contributed by atoms with Gasteiger partial charge in [0.15, 0.2) is 11.6 Å². The highest BCUT2D eigenvalue weighted by Gasteiger charge is 2.25. The van der Waals surface area contributed by atoms with Crippen molar-refractivity contribution < 1.29 is 8.42 Å². The van der Waals surface area contributed by atoms with Crippen LogP contribution in [0.2, 0.25) is 0 Å². The molecule has 4 rings (SSSR count). The molecule has 1 saturated heterocycles. The lowest BCUT2D eigenvalue weighted by molar-refractivity contribution is 0.388. The number of benzene rings is 1. The third-order valence-electron chi connectivity index (χ3n) is 4.56. The average Bonchev–Trinajstić information content (AvgIpc) is 3.28. The first-order valence-corrected chi connectivity index (χ1v) is 10.4. The summed E-state index contributed by atoms with van der Waals surface area (Å²) in [6.07, 6.45) is 6.77. The molecule has 0 bridgehead atoms. The fourth-order valence-corrected chi connectivity index (χ4v) is 4.18. The molecule has 2 aromatic heterocycles. The summed E-state index contributed by atoms with van der Waals surface area (Å²) in [5, 5.41) is 9.76. The van der Waals surface area contributed by atoms with Crippen LogP contribution >= 0.6 is 0 Å². The van der Waals surface area contributed by atoms with E-state index in [1.807, 2.05) is 47.4 Å². The molecule has 3 aromatic rings. The number of hydrogen-bond donors (Lipinski definition) is 0. The van der Waals surface area contributed by atoms with Crippen LogP contribution in [0.5, 0.6) is 0 Å². The molecule has 0 unspecified atom stereocenters. The van der Waals surface area contributed by atoms with E-state index in [0.717, 1.165) is 11.4 Å². The van der Waals surface area contributed by atoms with Crippen LogP contribution in [0.4, 0.5) is 5.82 Å². The standard InChI is InChI=1S/C19H20N6O2S/c26-28(27,15-8-17-4-2-1-3-5-17)25-13-11-23(12-14-25)18-6-7-19(22-21-18)24-10-9-20-16-24/h1-10,15-16H,11-14H2/b15-8+. The Bertz CT molecular complexity index is 1030. The summed E-state index contributed by atoms with van der Waals surface area (Å²) >= 11 is 0. The van der Waals surface area contributed by atoms with Crippen molar-refractivity contribution in [1.82, 2.24) is 24.1 Å². The summed E-state index contributed by atoms with van der Waals surface area (Å²) in [5.74, 6) is 1.43. The van der Waals surface area contributed by atoms with Crippen molar-refractivity contribution in [2.75, 3.05) is 31.1 Å². The third-order valence-corrected chi connectivity index (χ3v) is 6.12. The molecule has 0 N–H and O–H groups in total. The van der Waals surface area contributed by atoms with Gasteiger partial charge in [0.2, 0.25) is 10.0 Å². The Morgan fingerprint density at radius 3 is 2.25 bits per heavy atom. The Hall–Kier alpha value is -3.04. The van der Waals surface area contributed by atoms with E-state index in [0.29, 0.717) is 32.0 Å². The van der Waals surface area contributed by atoms with Gasteiger partial charge in [0.05, 0.1) is 0 Å². The van der Waals surface area contributed by atoms with Gasteiger partial charge < -0.3 is 4.90 Å². The Kier molecular flexibility index (Phi) is 5.18. The van der Waals surface area contributed by atoms with Crippen LogP contribution in [0.1, 0.15) is 5.56 Å². The van der Waals surface area contributed by atoms with Crippen molar-refractivity contribution in [3.05, 3.63) is 72.2 Å². The summed E-state index contributed by atoms with van der Waals surface area (Å²) < 4.78 is 28.4. The molecule has 8 nitrogen and oxygen atoms in total. The zero-order valence-electron chi connectivity index (χ0n) is 15.2. The number of nitrogens with zero attached hydrogens (tertiary/aromatic N) is 6. The summed E-state index contributed by atoms with van der Waals surface area (Å²) in [4.78, 5) is 6.03. The van der Waals surface area contributed by atoms with Crippen LogP contribution in [-0.4, -0.2) is 58.7 Å². The Balaban J connectivity index is 1.38. The van der Waals surface area contributed by atoms with E-state index in [1.165, 1.54) is 9.71 Å². The largest absolute Gasteiger partial charge is 0.352 e. The average molecular weight is 396 g/mol. The first-order valence-electron chi connectivity index (χ1n) is 8.92. The van der Waals surface area contributed by atoms with Crippen LogP contribution in [0.3, 0.4) is 0 Å². The minimum atomic E-state index is -3.44. The van der Waals surface area contributed by atoms with E-state index in [-0.39, 0.29) is 0 Å². The normalized spacial score (nSPS) is 15.9. The van der Waals surface area contributed by atoms with Gasteiger partial charge in [-0.2, -0.15) is 4.31 Å². The summed E-state index contributed by atoms with van der Waals surface area (Å²) in [5.41, 5.74) is 0.859. The number of aromatic nitrogens is 4. The molecule has 3 heterocycles. The molecule has 28 heavy (non-hydrogen) atoms. The molecule has 1 aliphatic heterocycles. The molecule has 1 fully saturated rings. The number of piperazine rings is 1. The minimum Gasteiger partial charge on any atom is -0.352 e. The van der Waals surface area contributed by atoms with Gasteiger partial charge in [0, 0.05) is 44.0 Å². The molecule has 0 aliphatic carbocycles.